The van der Waals surface area contributed by atoms with Crippen molar-refractivity contribution in [1.29, 1.82) is 0 Å². The molecule has 4 aromatic heterocycles. The van der Waals surface area contributed by atoms with Crippen LogP contribution in [0, 0.1) is 6.92 Å². The zero-order chi connectivity index (χ0) is 17.7. The summed E-state index contributed by atoms with van der Waals surface area (Å²) in [6.07, 6.45) is 5.30. The molecule has 128 valence electrons. The minimum atomic E-state index is 0.758. The Hall–Kier alpha value is -3.28. The molecule has 0 atom stereocenters. The quantitative estimate of drug-likeness (QED) is 0.505. The van der Waals surface area contributed by atoms with Crippen LogP contribution in [0.2, 0.25) is 0 Å². The van der Waals surface area contributed by atoms with Gasteiger partial charge in [0.2, 0.25) is 0 Å². The minimum absolute atomic E-state index is 0.758. The number of hydrogen-bond acceptors (Lipinski definition) is 4. The van der Waals surface area contributed by atoms with Crippen molar-refractivity contribution in [2.75, 3.05) is 0 Å². The second-order valence-corrected chi connectivity index (χ2v) is 6.58. The lowest BCUT2D eigenvalue weighted by atomic mass is 10.1. The van der Waals surface area contributed by atoms with E-state index in [2.05, 4.69) is 45.7 Å². The Bertz CT molecular complexity index is 1230. The maximum atomic E-state index is 4.93. The fourth-order valence-corrected chi connectivity index (χ4v) is 3.62. The van der Waals surface area contributed by atoms with E-state index in [9.17, 15) is 0 Å². The van der Waals surface area contributed by atoms with Crippen LogP contribution < -0.4 is 0 Å². The molecule has 26 heavy (non-hydrogen) atoms. The highest BCUT2D eigenvalue weighted by atomic mass is 15.3. The molecule has 0 aliphatic heterocycles. The van der Waals surface area contributed by atoms with Crippen LogP contribution >= 0.6 is 0 Å². The van der Waals surface area contributed by atoms with Gasteiger partial charge < -0.3 is 4.57 Å². The fourth-order valence-electron chi connectivity index (χ4n) is 3.62. The molecular weight excluding hydrogens is 324 g/mol. The normalized spacial score (nSPS) is 11.8. The Morgan fingerprint density at radius 3 is 2.85 bits per heavy atom. The zero-order valence-corrected chi connectivity index (χ0v) is 14.7. The number of hydrogen-bond donors (Lipinski definition) is 0. The van der Waals surface area contributed by atoms with Crippen molar-refractivity contribution < 1.29 is 0 Å². The van der Waals surface area contributed by atoms with E-state index in [0.717, 1.165) is 46.6 Å². The Kier molecular flexibility index (Phi) is 3.25. The molecule has 5 rings (SSSR count). The van der Waals surface area contributed by atoms with E-state index in [4.69, 9.17) is 4.98 Å². The molecule has 0 bridgehead atoms. The molecule has 4 heterocycles. The fraction of sp³-hybridized carbons (Fsp3) is 0.200. The maximum absolute atomic E-state index is 4.93. The second kappa shape index (κ2) is 5.62. The van der Waals surface area contributed by atoms with Crippen molar-refractivity contribution in [2.24, 2.45) is 7.05 Å². The highest BCUT2D eigenvalue weighted by Gasteiger charge is 2.14. The number of rotatable bonds is 3. The number of pyridine rings is 2. The van der Waals surface area contributed by atoms with Gasteiger partial charge in [0, 0.05) is 37.7 Å². The molecule has 0 N–H and O–H groups in total. The summed E-state index contributed by atoms with van der Waals surface area (Å²) in [6, 6.07) is 12.1. The maximum Gasteiger partial charge on any atom is 0.155 e. The topological polar surface area (TPSA) is 60.9 Å². The molecule has 1 aromatic carbocycles. The van der Waals surface area contributed by atoms with Gasteiger partial charge in [-0.25, -0.2) is 14.5 Å². The first-order chi connectivity index (χ1) is 12.7. The summed E-state index contributed by atoms with van der Waals surface area (Å²) in [5.41, 5.74) is 5.25. The number of aryl methyl sites for hydroxylation is 4. The third-order valence-corrected chi connectivity index (χ3v) is 4.87. The summed E-state index contributed by atoms with van der Waals surface area (Å²) in [4.78, 5) is 14.0. The van der Waals surface area contributed by atoms with Gasteiger partial charge in [0.25, 0.3) is 0 Å². The first-order valence-corrected chi connectivity index (χ1v) is 8.70. The molecule has 0 amide bonds. The van der Waals surface area contributed by atoms with Gasteiger partial charge in [-0.2, -0.15) is 5.10 Å². The van der Waals surface area contributed by atoms with Crippen LogP contribution in [-0.4, -0.2) is 29.1 Å². The van der Waals surface area contributed by atoms with Gasteiger partial charge >= 0.3 is 0 Å². The average molecular weight is 342 g/mol. The van der Waals surface area contributed by atoms with Crippen LogP contribution in [0.5, 0.6) is 0 Å². The molecule has 0 fully saturated rings. The van der Waals surface area contributed by atoms with Gasteiger partial charge in [-0.1, -0.05) is 6.07 Å². The monoisotopic (exact) mass is 342 g/mol. The summed E-state index contributed by atoms with van der Waals surface area (Å²) in [6.45, 7) is 2.12. The highest BCUT2D eigenvalue weighted by Crippen LogP contribution is 2.27. The van der Waals surface area contributed by atoms with E-state index in [1.807, 2.05) is 41.2 Å². The molecule has 5 aromatic rings. The summed E-state index contributed by atoms with van der Waals surface area (Å²) in [5, 5.41) is 5.64. The summed E-state index contributed by atoms with van der Waals surface area (Å²) >= 11 is 0. The van der Waals surface area contributed by atoms with E-state index in [1.54, 1.807) is 0 Å². The molecule has 0 aliphatic rings. The average Bonchev–Trinajstić information content (AvgIpc) is 3.21. The smallest absolute Gasteiger partial charge is 0.155 e. The lowest BCUT2D eigenvalue weighted by Gasteiger charge is -2.04. The number of nitrogens with zero attached hydrogens (tertiary/aromatic N) is 6. The van der Waals surface area contributed by atoms with Crippen molar-refractivity contribution in [1.82, 2.24) is 29.1 Å². The predicted molar refractivity (Wildman–Crippen MR) is 101 cm³/mol. The first-order valence-electron chi connectivity index (χ1n) is 8.70. The number of aromatic nitrogens is 6. The van der Waals surface area contributed by atoms with Crippen LogP contribution in [0.15, 0.2) is 48.8 Å². The first kappa shape index (κ1) is 15.0. The van der Waals surface area contributed by atoms with Crippen molar-refractivity contribution in [3.63, 3.8) is 0 Å². The van der Waals surface area contributed by atoms with E-state index < -0.39 is 0 Å². The summed E-state index contributed by atoms with van der Waals surface area (Å²) in [7, 11) is 2.08. The summed E-state index contributed by atoms with van der Waals surface area (Å²) < 4.78 is 4.00. The van der Waals surface area contributed by atoms with Crippen LogP contribution in [-0.2, 0) is 19.9 Å². The lowest BCUT2D eigenvalue weighted by Crippen LogP contribution is -2.02. The van der Waals surface area contributed by atoms with Crippen molar-refractivity contribution in [3.8, 4) is 0 Å². The van der Waals surface area contributed by atoms with Crippen molar-refractivity contribution in [2.45, 2.75) is 19.8 Å². The van der Waals surface area contributed by atoms with E-state index in [0.29, 0.717) is 0 Å². The SMILES string of the molecule is Cc1cc2ncccc2c2nc(CCc3nc4ccccn4n3)n(C)c12. The van der Waals surface area contributed by atoms with Crippen LogP contribution in [0.1, 0.15) is 17.2 Å². The molecule has 0 unspecified atom stereocenters. The third-order valence-electron chi connectivity index (χ3n) is 4.87. The molecule has 0 aliphatic carbocycles. The van der Waals surface area contributed by atoms with Gasteiger partial charge in [-0.15, -0.1) is 0 Å². The Balaban J connectivity index is 1.55. The van der Waals surface area contributed by atoms with E-state index >= 15 is 0 Å². The van der Waals surface area contributed by atoms with Crippen LogP contribution in [0.25, 0.3) is 27.6 Å². The molecule has 6 nitrogen and oxygen atoms in total. The third kappa shape index (κ3) is 2.26. The van der Waals surface area contributed by atoms with Crippen LogP contribution in [0.3, 0.4) is 0 Å². The predicted octanol–water partition coefficient (Wildman–Crippen LogP) is 3.26. The van der Waals surface area contributed by atoms with Crippen molar-refractivity contribution >= 4 is 27.6 Å². The Morgan fingerprint density at radius 2 is 1.96 bits per heavy atom. The molecule has 0 spiro atoms. The molecular formula is C20H18N6. The van der Waals surface area contributed by atoms with Gasteiger partial charge in [-0.3, -0.25) is 4.98 Å². The Morgan fingerprint density at radius 1 is 1.04 bits per heavy atom. The van der Waals surface area contributed by atoms with E-state index in [-0.39, 0.29) is 0 Å². The van der Waals surface area contributed by atoms with Crippen LogP contribution in [0.4, 0.5) is 0 Å². The minimum Gasteiger partial charge on any atom is -0.331 e. The molecule has 0 saturated carbocycles. The lowest BCUT2D eigenvalue weighted by molar-refractivity contribution is 0.755. The standard InChI is InChI=1S/C20H18N6/c1-13-12-15-14(6-5-10-21-15)19-20(13)25(2)17(23-19)9-8-16-22-18-7-3-4-11-26(18)24-16/h3-7,10-12H,8-9H2,1-2H3. The molecule has 6 heteroatoms. The molecule has 0 radical (unpaired) electrons. The zero-order valence-electron chi connectivity index (χ0n) is 14.7. The number of imidazole rings is 1. The number of fused-ring (bicyclic) bond motifs is 4. The second-order valence-electron chi connectivity index (χ2n) is 6.58. The highest BCUT2D eigenvalue weighted by molar-refractivity contribution is 6.04. The largest absolute Gasteiger partial charge is 0.331 e. The van der Waals surface area contributed by atoms with Gasteiger partial charge in [0.15, 0.2) is 11.5 Å². The van der Waals surface area contributed by atoms with E-state index in [1.165, 1.54) is 11.1 Å². The molecule has 0 saturated heterocycles. The Labute approximate surface area is 150 Å². The van der Waals surface area contributed by atoms with Gasteiger partial charge in [0.1, 0.15) is 5.82 Å². The summed E-state index contributed by atoms with van der Waals surface area (Å²) in [5.74, 6) is 1.88. The number of benzene rings is 1. The van der Waals surface area contributed by atoms with Gasteiger partial charge in [-0.05, 0) is 42.8 Å². The van der Waals surface area contributed by atoms with Gasteiger partial charge in [0.05, 0.1) is 16.6 Å². The van der Waals surface area contributed by atoms with Crippen molar-refractivity contribution in [3.05, 3.63) is 66.0 Å².